The molecule has 6 nitrogen and oxygen atoms in total. The standard InChI is InChI=1S/C28H37N3O3/c1-6-34-24-13-11-22(12-14-24)18-30(27(32)19-31(21(4)5)28(33)20(2)3)16-15-23-17-29-26-10-8-7-9-25(23)26/h7-14,17,20-21,29H,6,15-16,18-19H2,1-5H3. The van der Waals surface area contributed by atoms with Crippen LogP contribution in [0.15, 0.2) is 54.7 Å². The monoisotopic (exact) mass is 463 g/mol. The Labute approximate surface area is 202 Å². The zero-order chi connectivity index (χ0) is 24.7. The molecule has 1 N–H and O–H groups in total. The summed E-state index contributed by atoms with van der Waals surface area (Å²) in [6, 6.07) is 16.0. The highest BCUT2D eigenvalue weighted by Gasteiger charge is 2.25. The molecule has 3 rings (SSSR count). The van der Waals surface area contributed by atoms with Gasteiger partial charge in [0, 0.05) is 42.1 Å². The molecule has 182 valence electrons. The van der Waals surface area contributed by atoms with Crippen LogP contribution in [0.3, 0.4) is 0 Å². The molecule has 0 aliphatic rings. The second kappa shape index (κ2) is 11.7. The number of nitrogens with zero attached hydrogens (tertiary/aromatic N) is 2. The Morgan fingerprint density at radius 1 is 1.00 bits per heavy atom. The maximum absolute atomic E-state index is 13.5. The summed E-state index contributed by atoms with van der Waals surface area (Å²) >= 11 is 0. The van der Waals surface area contributed by atoms with E-state index in [-0.39, 0.29) is 30.3 Å². The fourth-order valence-electron chi connectivity index (χ4n) is 4.06. The van der Waals surface area contributed by atoms with Gasteiger partial charge in [0.25, 0.3) is 0 Å². The molecule has 1 heterocycles. The summed E-state index contributed by atoms with van der Waals surface area (Å²) in [5, 5.41) is 1.18. The molecule has 0 radical (unpaired) electrons. The van der Waals surface area contributed by atoms with Gasteiger partial charge in [-0.1, -0.05) is 44.2 Å². The molecule has 0 saturated heterocycles. The van der Waals surface area contributed by atoms with Crippen LogP contribution in [0.25, 0.3) is 10.9 Å². The van der Waals surface area contributed by atoms with E-state index in [0.717, 1.165) is 23.3 Å². The van der Waals surface area contributed by atoms with Crippen LogP contribution in [0.1, 0.15) is 45.7 Å². The smallest absolute Gasteiger partial charge is 0.242 e. The first-order valence-electron chi connectivity index (χ1n) is 12.1. The Kier molecular flexibility index (Phi) is 8.74. The lowest BCUT2D eigenvalue weighted by atomic mass is 10.1. The summed E-state index contributed by atoms with van der Waals surface area (Å²) in [6.45, 7) is 11.4. The van der Waals surface area contributed by atoms with E-state index in [1.54, 1.807) is 4.90 Å². The van der Waals surface area contributed by atoms with Gasteiger partial charge in [-0.15, -0.1) is 0 Å². The summed E-state index contributed by atoms with van der Waals surface area (Å²) < 4.78 is 5.55. The van der Waals surface area contributed by atoms with Crippen LogP contribution in [0.2, 0.25) is 0 Å². The zero-order valence-electron chi connectivity index (χ0n) is 21.0. The minimum atomic E-state index is -0.152. The van der Waals surface area contributed by atoms with E-state index in [2.05, 4.69) is 17.1 Å². The molecule has 34 heavy (non-hydrogen) atoms. The minimum Gasteiger partial charge on any atom is -0.494 e. The fourth-order valence-corrected chi connectivity index (χ4v) is 4.06. The number of hydrogen-bond acceptors (Lipinski definition) is 3. The molecule has 0 unspecified atom stereocenters. The van der Waals surface area contributed by atoms with Gasteiger partial charge in [-0.3, -0.25) is 9.59 Å². The molecular weight excluding hydrogens is 426 g/mol. The van der Waals surface area contributed by atoms with Crippen LogP contribution in [-0.4, -0.2) is 52.3 Å². The number of ether oxygens (including phenoxy) is 1. The van der Waals surface area contributed by atoms with Crippen molar-refractivity contribution < 1.29 is 14.3 Å². The molecule has 0 bridgehead atoms. The van der Waals surface area contributed by atoms with Crippen molar-refractivity contribution in [1.29, 1.82) is 0 Å². The van der Waals surface area contributed by atoms with Crippen molar-refractivity contribution in [2.24, 2.45) is 5.92 Å². The van der Waals surface area contributed by atoms with Gasteiger partial charge in [-0.25, -0.2) is 0 Å². The number of carbonyl (C=O) groups is 2. The Morgan fingerprint density at radius 3 is 2.35 bits per heavy atom. The van der Waals surface area contributed by atoms with E-state index in [9.17, 15) is 9.59 Å². The maximum Gasteiger partial charge on any atom is 0.242 e. The molecule has 0 aliphatic heterocycles. The van der Waals surface area contributed by atoms with Crippen LogP contribution in [-0.2, 0) is 22.6 Å². The molecular formula is C28H37N3O3. The molecule has 0 spiro atoms. The van der Waals surface area contributed by atoms with E-state index >= 15 is 0 Å². The van der Waals surface area contributed by atoms with Crippen molar-refractivity contribution in [3.8, 4) is 5.75 Å². The Hall–Kier alpha value is -3.28. The average molecular weight is 464 g/mol. The van der Waals surface area contributed by atoms with E-state index in [1.165, 1.54) is 10.9 Å². The normalized spacial score (nSPS) is 11.3. The van der Waals surface area contributed by atoms with Gasteiger partial charge in [0.1, 0.15) is 5.75 Å². The number of amides is 2. The number of aromatic amines is 1. The van der Waals surface area contributed by atoms with Gasteiger partial charge >= 0.3 is 0 Å². The van der Waals surface area contributed by atoms with Gasteiger partial charge in [0.05, 0.1) is 13.2 Å². The minimum absolute atomic E-state index is 0.000922. The lowest BCUT2D eigenvalue weighted by Crippen LogP contribution is -2.47. The number of rotatable bonds is 11. The van der Waals surface area contributed by atoms with E-state index in [0.29, 0.717) is 19.7 Å². The van der Waals surface area contributed by atoms with Crippen molar-refractivity contribution in [2.45, 2.75) is 53.6 Å². The van der Waals surface area contributed by atoms with Crippen LogP contribution >= 0.6 is 0 Å². The number of benzene rings is 2. The number of fused-ring (bicyclic) bond motifs is 1. The largest absolute Gasteiger partial charge is 0.494 e. The lowest BCUT2D eigenvalue weighted by Gasteiger charge is -2.31. The zero-order valence-corrected chi connectivity index (χ0v) is 21.0. The van der Waals surface area contributed by atoms with Gasteiger partial charge in [0.2, 0.25) is 11.8 Å². The Morgan fingerprint density at radius 2 is 1.71 bits per heavy atom. The van der Waals surface area contributed by atoms with E-state index in [1.807, 2.05) is 82.1 Å². The van der Waals surface area contributed by atoms with Crippen molar-refractivity contribution in [2.75, 3.05) is 19.7 Å². The quantitative estimate of drug-likeness (QED) is 0.434. The van der Waals surface area contributed by atoms with Crippen molar-refractivity contribution in [3.05, 3.63) is 65.9 Å². The molecule has 6 heteroatoms. The summed E-state index contributed by atoms with van der Waals surface area (Å²) in [5.41, 5.74) is 3.30. The first-order chi connectivity index (χ1) is 16.3. The number of para-hydroxylation sites is 1. The Bertz CT molecular complexity index is 1090. The third-order valence-electron chi connectivity index (χ3n) is 5.99. The molecule has 0 aliphatic carbocycles. The van der Waals surface area contributed by atoms with Crippen LogP contribution in [0.4, 0.5) is 0 Å². The fraction of sp³-hybridized carbons (Fsp3) is 0.429. The first-order valence-corrected chi connectivity index (χ1v) is 12.1. The number of carbonyl (C=O) groups excluding carboxylic acids is 2. The van der Waals surface area contributed by atoms with Crippen LogP contribution in [0.5, 0.6) is 5.75 Å². The number of aromatic nitrogens is 1. The molecule has 3 aromatic rings. The van der Waals surface area contributed by atoms with Crippen molar-refractivity contribution in [1.82, 2.24) is 14.8 Å². The second-order valence-electron chi connectivity index (χ2n) is 9.22. The van der Waals surface area contributed by atoms with Crippen molar-refractivity contribution in [3.63, 3.8) is 0 Å². The maximum atomic E-state index is 13.5. The third-order valence-corrected chi connectivity index (χ3v) is 5.99. The van der Waals surface area contributed by atoms with Gasteiger partial charge in [-0.05, 0) is 56.5 Å². The predicted octanol–water partition coefficient (Wildman–Crippen LogP) is 5.03. The predicted molar refractivity (Wildman–Crippen MR) is 137 cm³/mol. The summed E-state index contributed by atoms with van der Waals surface area (Å²) in [7, 11) is 0. The SMILES string of the molecule is CCOc1ccc(CN(CCc2c[nH]c3ccccc23)C(=O)CN(C(=O)C(C)C)C(C)C)cc1. The summed E-state index contributed by atoms with van der Waals surface area (Å²) in [4.78, 5) is 33.1. The molecule has 0 fully saturated rings. The van der Waals surface area contributed by atoms with Crippen LogP contribution in [0, 0.1) is 5.92 Å². The highest BCUT2D eigenvalue weighted by atomic mass is 16.5. The lowest BCUT2D eigenvalue weighted by molar-refractivity contribution is -0.144. The number of hydrogen-bond donors (Lipinski definition) is 1. The first kappa shape index (κ1) is 25.3. The highest BCUT2D eigenvalue weighted by molar-refractivity contribution is 5.86. The third kappa shape index (κ3) is 6.40. The molecule has 0 saturated carbocycles. The number of nitrogens with one attached hydrogen (secondary N) is 1. The average Bonchev–Trinajstić information content (AvgIpc) is 3.23. The van der Waals surface area contributed by atoms with Gasteiger partial charge < -0.3 is 19.5 Å². The van der Waals surface area contributed by atoms with Crippen molar-refractivity contribution >= 4 is 22.7 Å². The second-order valence-corrected chi connectivity index (χ2v) is 9.22. The van der Waals surface area contributed by atoms with Gasteiger partial charge in [-0.2, -0.15) is 0 Å². The Balaban J connectivity index is 1.79. The molecule has 2 amide bonds. The van der Waals surface area contributed by atoms with Crippen LogP contribution < -0.4 is 4.74 Å². The highest BCUT2D eigenvalue weighted by Crippen LogP contribution is 2.20. The summed E-state index contributed by atoms with van der Waals surface area (Å²) in [5.74, 6) is 0.620. The number of H-pyrrole nitrogens is 1. The van der Waals surface area contributed by atoms with E-state index in [4.69, 9.17) is 4.74 Å². The molecule has 0 atom stereocenters. The summed E-state index contributed by atoms with van der Waals surface area (Å²) in [6.07, 6.45) is 2.75. The molecule has 2 aromatic carbocycles. The van der Waals surface area contributed by atoms with Gasteiger partial charge in [0.15, 0.2) is 0 Å². The molecule has 1 aromatic heterocycles. The van der Waals surface area contributed by atoms with E-state index < -0.39 is 0 Å². The topological polar surface area (TPSA) is 65.6 Å².